The predicted molar refractivity (Wildman–Crippen MR) is 263 cm³/mol. The van der Waals surface area contributed by atoms with Gasteiger partial charge >= 0.3 is 0 Å². The van der Waals surface area contributed by atoms with Crippen LogP contribution < -0.4 is 30.9 Å². The topological polar surface area (TPSA) is 170 Å². The van der Waals surface area contributed by atoms with Crippen LogP contribution in [-0.4, -0.2) is 131 Å². The van der Waals surface area contributed by atoms with Gasteiger partial charge in [0.1, 0.15) is 24.0 Å². The molecule has 67 heavy (non-hydrogen) atoms. The summed E-state index contributed by atoms with van der Waals surface area (Å²) >= 11 is 6.50. The van der Waals surface area contributed by atoms with Crippen LogP contribution in [0, 0.1) is 0 Å². The molecule has 3 aromatic carbocycles. The van der Waals surface area contributed by atoms with Crippen LogP contribution in [0.25, 0.3) is 11.1 Å². The molecule has 6 heterocycles. The summed E-state index contributed by atoms with van der Waals surface area (Å²) in [5, 5.41) is 14.7. The second kappa shape index (κ2) is 20.2. The highest BCUT2D eigenvalue weighted by atomic mass is 35.5. The van der Waals surface area contributed by atoms with Gasteiger partial charge in [0, 0.05) is 99.2 Å². The number of imide groups is 1. The van der Waals surface area contributed by atoms with E-state index in [1.165, 1.54) is 0 Å². The fourth-order valence-corrected chi connectivity index (χ4v) is 11.2. The summed E-state index contributed by atoms with van der Waals surface area (Å²) < 4.78 is 20.8. The van der Waals surface area contributed by atoms with Crippen LogP contribution in [0.1, 0.15) is 60.9 Å². The first-order valence-corrected chi connectivity index (χ1v) is 26.3. The number of piperazine rings is 1. The fourth-order valence-electron chi connectivity index (χ4n) is 9.90. The summed E-state index contributed by atoms with van der Waals surface area (Å²) in [7, 11) is -0.881. The number of anilines is 5. The molecule has 0 saturated carbocycles. The summed E-state index contributed by atoms with van der Waals surface area (Å²) in [5.41, 5.74) is 5.98. The van der Waals surface area contributed by atoms with E-state index in [9.17, 15) is 18.9 Å². The maximum absolute atomic E-state index is 13.3. The molecule has 3 saturated heterocycles. The average molecular weight is 949 g/mol. The summed E-state index contributed by atoms with van der Waals surface area (Å²) in [6.07, 6.45) is 11.6. The van der Waals surface area contributed by atoms with Crippen molar-refractivity contribution in [2.45, 2.75) is 70.1 Å². The van der Waals surface area contributed by atoms with Crippen molar-refractivity contribution in [2.24, 2.45) is 0 Å². The lowest BCUT2D eigenvalue weighted by Crippen LogP contribution is -2.53. The minimum absolute atomic E-state index is 0.166. The van der Waals surface area contributed by atoms with Crippen LogP contribution in [0.15, 0.2) is 79.3 Å². The number of carbonyl (C=O) groups is 3. The number of rotatable bonds is 16. The van der Waals surface area contributed by atoms with Gasteiger partial charge in [-0.1, -0.05) is 42.3 Å². The van der Waals surface area contributed by atoms with Gasteiger partial charge in [-0.2, -0.15) is 10.1 Å². The molecule has 4 aliphatic heterocycles. The number of nitrogens with zero attached hydrogens (tertiary/aromatic N) is 8. The number of carbonyl (C=O) groups excluding carboxylic acids is 3. The molecule has 352 valence electrons. The Kier molecular flexibility index (Phi) is 14.0. The summed E-state index contributed by atoms with van der Waals surface area (Å²) in [6, 6.07) is 19.3. The van der Waals surface area contributed by atoms with Crippen molar-refractivity contribution in [3.63, 3.8) is 0 Å². The molecule has 0 aliphatic carbocycles. The zero-order chi connectivity index (χ0) is 46.7. The van der Waals surface area contributed by atoms with E-state index in [2.05, 4.69) is 64.0 Å². The third kappa shape index (κ3) is 10.5. The predicted octanol–water partition coefficient (Wildman–Crippen LogP) is 6.96. The van der Waals surface area contributed by atoms with Crippen LogP contribution in [0.4, 0.5) is 28.8 Å². The summed E-state index contributed by atoms with van der Waals surface area (Å²) in [5.74, 6) is 0.598. The van der Waals surface area contributed by atoms with Crippen LogP contribution in [0.2, 0.25) is 5.02 Å². The number of aryl methyl sites for hydroxylation is 1. The Balaban J connectivity index is 0.695. The molecule has 16 nitrogen and oxygen atoms in total. The summed E-state index contributed by atoms with van der Waals surface area (Å²) in [6.45, 7) is 12.1. The molecule has 18 heteroatoms. The van der Waals surface area contributed by atoms with E-state index in [-0.39, 0.29) is 18.2 Å². The van der Waals surface area contributed by atoms with E-state index in [1.54, 1.807) is 31.5 Å². The second-order valence-electron chi connectivity index (χ2n) is 18.3. The molecule has 2 aromatic heterocycles. The number of piperidine rings is 2. The normalized spacial score (nSPS) is 18.6. The number of fused-ring (bicyclic) bond motifs is 1. The zero-order valence-electron chi connectivity index (χ0n) is 38.4. The van der Waals surface area contributed by atoms with Gasteiger partial charge < -0.3 is 34.6 Å². The first kappa shape index (κ1) is 46.3. The van der Waals surface area contributed by atoms with Crippen LogP contribution >= 0.6 is 18.7 Å². The van der Waals surface area contributed by atoms with Crippen LogP contribution in [0.3, 0.4) is 0 Å². The quantitative estimate of drug-likeness (QED) is 0.0528. The van der Waals surface area contributed by atoms with Crippen molar-refractivity contribution in [2.75, 3.05) is 81.8 Å². The molecular weight excluding hydrogens is 889 g/mol. The number of hydrogen-bond acceptors (Lipinski definition) is 13. The van der Waals surface area contributed by atoms with Gasteiger partial charge in [-0.3, -0.25) is 29.3 Å². The number of unbranched alkanes of at least 4 members (excludes halogenated alkanes) is 2. The third-order valence-corrected chi connectivity index (χ3v) is 15.4. The monoisotopic (exact) mass is 947 g/mol. The number of nitrogens with one attached hydrogen (secondary N) is 3. The highest BCUT2D eigenvalue weighted by Crippen LogP contribution is 2.40. The first-order valence-electron chi connectivity index (χ1n) is 23.3. The Bertz CT molecular complexity index is 2680. The third-order valence-electron chi connectivity index (χ3n) is 13.6. The maximum Gasteiger partial charge on any atom is 0.255 e. The fraction of sp³-hybridized carbons (Fsp3) is 0.429. The Morgan fingerprint density at radius 1 is 0.851 bits per heavy atom. The number of para-hydroxylation sites is 1. The van der Waals surface area contributed by atoms with Gasteiger partial charge in [-0.25, -0.2) is 4.98 Å². The van der Waals surface area contributed by atoms with Crippen molar-refractivity contribution >= 4 is 70.6 Å². The Morgan fingerprint density at radius 3 is 2.40 bits per heavy atom. The van der Waals surface area contributed by atoms with E-state index >= 15 is 0 Å². The highest BCUT2D eigenvalue weighted by Gasteiger charge is 2.40. The Morgan fingerprint density at radius 2 is 1.63 bits per heavy atom. The maximum atomic E-state index is 13.3. The molecule has 0 radical (unpaired) electrons. The Labute approximate surface area is 396 Å². The van der Waals surface area contributed by atoms with Gasteiger partial charge in [0.2, 0.25) is 17.8 Å². The SMILES string of the molecule is COc1cc(N2CCC(N3CCN(CCCCCn4cc(-c5cccc6c5CN(C5CCC(=O)NC5=O)C6=O)cn4)CC3)CC2)ccc1Nc1ncc(Cl)c(Nc2ccccc2P(C)(C)=O)n1. The van der Waals surface area contributed by atoms with Crippen molar-refractivity contribution in [3.05, 3.63) is 95.4 Å². The van der Waals surface area contributed by atoms with Crippen molar-refractivity contribution in [3.8, 4) is 16.9 Å². The second-order valence-corrected chi connectivity index (χ2v) is 21.9. The molecular formula is C49H59ClN11O5P. The van der Waals surface area contributed by atoms with E-state index in [0.717, 1.165) is 118 Å². The number of amides is 3. The number of ether oxygens (including phenoxy) is 1. The molecule has 4 aliphatic rings. The Hall–Kier alpha value is -5.80. The molecule has 3 N–H and O–H groups in total. The van der Waals surface area contributed by atoms with E-state index in [4.69, 9.17) is 16.3 Å². The number of benzene rings is 3. The van der Waals surface area contributed by atoms with Gasteiger partial charge in [-0.15, -0.1) is 0 Å². The van der Waals surface area contributed by atoms with Crippen molar-refractivity contribution in [1.29, 1.82) is 0 Å². The lowest BCUT2D eigenvalue weighted by atomic mass is 9.99. The first-order chi connectivity index (χ1) is 32.4. The number of halogens is 1. The molecule has 9 rings (SSSR count). The molecule has 3 fully saturated rings. The van der Waals surface area contributed by atoms with Crippen molar-refractivity contribution in [1.82, 2.24) is 39.8 Å². The van der Waals surface area contributed by atoms with E-state index < -0.39 is 19.1 Å². The van der Waals surface area contributed by atoms with Gasteiger partial charge in [0.15, 0.2) is 5.82 Å². The molecule has 5 aromatic rings. The van der Waals surface area contributed by atoms with Crippen molar-refractivity contribution < 1.29 is 23.7 Å². The molecule has 0 bridgehead atoms. The van der Waals surface area contributed by atoms with Gasteiger partial charge in [0.25, 0.3) is 5.91 Å². The number of methoxy groups -OCH3 is 1. The number of hydrogen-bond donors (Lipinski definition) is 3. The molecule has 3 amide bonds. The average Bonchev–Trinajstić information content (AvgIpc) is 3.94. The van der Waals surface area contributed by atoms with Gasteiger partial charge in [0.05, 0.1) is 30.9 Å². The van der Waals surface area contributed by atoms with E-state index in [0.29, 0.717) is 52.8 Å². The molecule has 1 unspecified atom stereocenters. The summed E-state index contributed by atoms with van der Waals surface area (Å²) in [4.78, 5) is 56.0. The smallest absolute Gasteiger partial charge is 0.255 e. The lowest BCUT2D eigenvalue weighted by Gasteiger charge is -2.43. The largest absolute Gasteiger partial charge is 0.494 e. The molecule has 0 spiro atoms. The van der Waals surface area contributed by atoms with Crippen LogP contribution in [0.5, 0.6) is 5.75 Å². The standard InChI is InChI=1S/C49H59ClN11O5P/c1-66-43-28-35(14-15-40(43)54-49-51-30-39(50)46(56-49)53-41-12-5-6-13-44(41)67(2,3)65)58-22-18-34(19-23-58)59-26-24-57(25-27-59)20-7-4-8-21-60-31-33(29-52-60)36-10-9-11-37-38(36)32-61(48(37)64)42-16-17-45(62)55-47(42)63/h5-6,9-15,28-31,34,42H,4,7-8,16-27,32H2,1-3H3,(H,55,62,63)(H2,51,53,54,56). The lowest BCUT2D eigenvalue weighted by molar-refractivity contribution is -0.136. The van der Waals surface area contributed by atoms with Crippen LogP contribution in [-0.2, 0) is 27.2 Å². The minimum Gasteiger partial charge on any atom is -0.494 e. The molecule has 1 atom stereocenters. The minimum atomic E-state index is -2.55. The van der Waals surface area contributed by atoms with E-state index in [1.807, 2.05) is 59.4 Å². The number of aromatic nitrogens is 4. The zero-order valence-corrected chi connectivity index (χ0v) is 40.1. The van der Waals surface area contributed by atoms with Gasteiger partial charge in [-0.05, 0) is 93.4 Å². The highest BCUT2D eigenvalue weighted by molar-refractivity contribution is 7.70.